The summed E-state index contributed by atoms with van der Waals surface area (Å²) in [6.07, 6.45) is 5.18. The fourth-order valence-electron chi connectivity index (χ4n) is 4.12. The molecule has 0 bridgehead atoms. The van der Waals surface area contributed by atoms with Crippen molar-refractivity contribution < 1.29 is 9.21 Å². The van der Waals surface area contributed by atoms with Gasteiger partial charge in [0.1, 0.15) is 5.69 Å². The first-order valence-corrected chi connectivity index (χ1v) is 10.9. The monoisotopic (exact) mass is 430 g/mol. The molecule has 32 heavy (non-hydrogen) atoms. The van der Waals surface area contributed by atoms with Crippen LogP contribution in [0.15, 0.2) is 59.5 Å². The van der Waals surface area contributed by atoms with Crippen molar-refractivity contribution in [1.29, 1.82) is 0 Å². The molecule has 8 heteroatoms. The molecule has 1 aliphatic heterocycles. The molecule has 1 aliphatic rings. The molecule has 4 aromatic rings. The molecule has 0 spiro atoms. The van der Waals surface area contributed by atoms with Gasteiger partial charge in [0.15, 0.2) is 11.4 Å². The number of furan rings is 1. The van der Waals surface area contributed by atoms with E-state index >= 15 is 0 Å². The second kappa shape index (κ2) is 8.55. The van der Waals surface area contributed by atoms with Gasteiger partial charge in [-0.3, -0.25) is 14.7 Å². The lowest BCUT2D eigenvalue weighted by Crippen LogP contribution is -2.48. The van der Waals surface area contributed by atoms with E-state index in [9.17, 15) is 4.79 Å². The zero-order chi connectivity index (χ0) is 22.1. The lowest BCUT2D eigenvalue weighted by atomic mass is 10.1. The number of aromatic nitrogens is 4. The highest BCUT2D eigenvalue weighted by atomic mass is 16.3. The molecule has 1 saturated heterocycles. The molecule has 0 atom stereocenters. The maximum absolute atomic E-state index is 13.6. The molecule has 0 N–H and O–H groups in total. The van der Waals surface area contributed by atoms with Gasteiger partial charge in [0.25, 0.3) is 5.91 Å². The van der Waals surface area contributed by atoms with Gasteiger partial charge in [-0.15, -0.1) is 0 Å². The van der Waals surface area contributed by atoms with E-state index in [-0.39, 0.29) is 11.9 Å². The van der Waals surface area contributed by atoms with Crippen LogP contribution in [0.1, 0.15) is 35.9 Å². The maximum Gasteiger partial charge on any atom is 0.254 e. The standard InChI is InChI=1S/C24H26N6O2/c1-17(2)30-23-20(15-26-30)19(14-21(27-23)22-7-5-13-32-22)24(31)29-11-9-28(10-12-29)16-18-6-3-4-8-25-18/h3-8,13-15,17H,9-12,16H2,1-2H3. The van der Waals surface area contributed by atoms with Crippen molar-refractivity contribution in [2.45, 2.75) is 26.4 Å². The predicted molar refractivity (Wildman–Crippen MR) is 121 cm³/mol. The van der Waals surface area contributed by atoms with Gasteiger partial charge >= 0.3 is 0 Å². The second-order valence-corrected chi connectivity index (χ2v) is 8.34. The van der Waals surface area contributed by atoms with Crippen LogP contribution < -0.4 is 0 Å². The topological polar surface area (TPSA) is 80.3 Å². The Morgan fingerprint density at radius 2 is 1.97 bits per heavy atom. The SMILES string of the molecule is CC(C)n1ncc2c(C(=O)N3CCN(Cc4ccccn4)CC3)cc(-c3ccco3)nc21. The van der Waals surface area contributed by atoms with Crippen molar-refractivity contribution in [1.82, 2.24) is 29.5 Å². The van der Waals surface area contributed by atoms with Gasteiger partial charge in [-0.05, 0) is 44.2 Å². The van der Waals surface area contributed by atoms with Gasteiger partial charge in [-0.25, -0.2) is 9.67 Å². The normalized spacial score (nSPS) is 15.0. The Bertz CT molecular complexity index is 1210. The molecule has 1 amide bonds. The van der Waals surface area contributed by atoms with Crippen LogP contribution in [-0.4, -0.2) is 61.6 Å². The van der Waals surface area contributed by atoms with Crippen molar-refractivity contribution in [3.05, 3.63) is 66.3 Å². The number of pyridine rings is 2. The predicted octanol–water partition coefficient (Wildman–Crippen LogP) is 3.63. The molecular weight excluding hydrogens is 404 g/mol. The molecule has 164 valence electrons. The minimum Gasteiger partial charge on any atom is -0.463 e. The summed E-state index contributed by atoms with van der Waals surface area (Å²) in [5.74, 6) is 0.642. The minimum atomic E-state index is 0.00555. The van der Waals surface area contributed by atoms with Gasteiger partial charge in [-0.1, -0.05) is 6.07 Å². The van der Waals surface area contributed by atoms with Gasteiger partial charge in [0.05, 0.1) is 29.1 Å². The molecule has 0 aliphatic carbocycles. The summed E-state index contributed by atoms with van der Waals surface area (Å²) in [4.78, 5) is 27.0. The van der Waals surface area contributed by atoms with E-state index in [0.717, 1.165) is 30.7 Å². The summed E-state index contributed by atoms with van der Waals surface area (Å²) < 4.78 is 7.42. The van der Waals surface area contributed by atoms with Crippen molar-refractivity contribution in [3.8, 4) is 11.5 Å². The van der Waals surface area contributed by atoms with Crippen LogP contribution in [0.4, 0.5) is 0 Å². The van der Waals surface area contributed by atoms with E-state index in [1.165, 1.54) is 0 Å². The second-order valence-electron chi connectivity index (χ2n) is 8.34. The molecule has 5 heterocycles. The molecule has 8 nitrogen and oxygen atoms in total. The summed E-state index contributed by atoms with van der Waals surface area (Å²) in [5.41, 5.74) is 3.01. The first-order chi connectivity index (χ1) is 15.6. The lowest BCUT2D eigenvalue weighted by molar-refractivity contribution is 0.0629. The first-order valence-electron chi connectivity index (χ1n) is 10.9. The number of carbonyl (C=O) groups excluding carboxylic acids is 1. The lowest BCUT2D eigenvalue weighted by Gasteiger charge is -2.34. The average Bonchev–Trinajstić information content (AvgIpc) is 3.49. The molecule has 0 unspecified atom stereocenters. The number of hydrogen-bond acceptors (Lipinski definition) is 6. The van der Waals surface area contributed by atoms with Crippen LogP contribution in [0.3, 0.4) is 0 Å². The van der Waals surface area contributed by atoms with E-state index in [2.05, 4.69) is 28.8 Å². The van der Waals surface area contributed by atoms with Crippen LogP contribution in [0, 0.1) is 0 Å². The third-order valence-corrected chi connectivity index (χ3v) is 5.83. The number of rotatable bonds is 5. The fraction of sp³-hybridized carbons (Fsp3) is 0.333. The Labute approximate surface area is 186 Å². The van der Waals surface area contributed by atoms with Crippen molar-refractivity contribution in [3.63, 3.8) is 0 Å². The molecule has 0 aromatic carbocycles. The summed E-state index contributed by atoms with van der Waals surface area (Å²) in [5, 5.41) is 5.28. The van der Waals surface area contributed by atoms with E-state index in [1.54, 1.807) is 12.5 Å². The third kappa shape index (κ3) is 3.89. The van der Waals surface area contributed by atoms with E-state index in [0.29, 0.717) is 35.8 Å². The Balaban J connectivity index is 1.41. The summed E-state index contributed by atoms with van der Waals surface area (Å²) >= 11 is 0. The number of hydrogen-bond donors (Lipinski definition) is 0. The first kappa shape index (κ1) is 20.4. The van der Waals surface area contributed by atoms with Gasteiger partial charge < -0.3 is 9.32 Å². The molecule has 0 saturated carbocycles. The third-order valence-electron chi connectivity index (χ3n) is 5.83. The van der Waals surface area contributed by atoms with Crippen LogP contribution in [-0.2, 0) is 6.54 Å². The van der Waals surface area contributed by atoms with Crippen LogP contribution in [0.2, 0.25) is 0 Å². The average molecular weight is 431 g/mol. The highest BCUT2D eigenvalue weighted by Gasteiger charge is 2.26. The Hall–Kier alpha value is -3.52. The zero-order valence-corrected chi connectivity index (χ0v) is 18.3. The fourth-order valence-corrected chi connectivity index (χ4v) is 4.12. The number of nitrogens with zero attached hydrogens (tertiary/aromatic N) is 6. The summed E-state index contributed by atoms with van der Waals surface area (Å²) in [7, 11) is 0. The molecule has 4 aromatic heterocycles. The molecule has 1 fully saturated rings. The van der Waals surface area contributed by atoms with Gasteiger partial charge in [0, 0.05) is 45.0 Å². The maximum atomic E-state index is 13.6. The van der Waals surface area contributed by atoms with Crippen molar-refractivity contribution in [2.75, 3.05) is 26.2 Å². The zero-order valence-electron chi connectivity index (χ0n) is 18.3. The van der Waals surface area contributed by atoms with E-state index < -0.39 is 0 Å². The van der Waals surface area contributed by atoms with E-state index in [4.69, 9.17) is 9.40 Å². The van der Waals surface area contributed by atoms with E-state index in [1.807, 2.05) is 52.2 Å². The Morgan fingerprint density at radius 1 is 1.12 bits per heavy atom. The van der Waals surface area contributed by atoms with Crippen molar-refractivity contribution in [2.24, 2.45) is 0 Å². The molecular formula is C24H26N6O2. The number of fused-ring (bicyclic) bond motifs is 1. The molecule has 0 radical (unpaired) electrons. The quantitative estimate of drug-likeness (QED) is 0.481. The minimum absolute atomic E-state index is 0.00555. The number of piperazine rings is 1. The number of carbonyl (C=O) groups is 1. The van der Waals surface area contributed by atoms with Crippen LogP contribution >= 0.6 is 0 Å². The molecule has 5 rings (SSSR count). The van der Waals surface area contributed by atoms with Crippen LogP contribution in [0.25, 0.3) is 22.5 Å². The Kier molecular flexibility index (Phi) is 5.45. The largest absolute Gasteiger partial charge is 0.463 e. The Morgan fingerprint density at radius 3 is 2.66 bits per heavy atom. The van der Waals surface area contributed by atoms with Gasteiger partial charge in [0.2, 0.25) is 0 Å². The van der Waals surface area contributed by atoms with Crippen molar-refractivity contribution >= 4 is 16.9 Å². The highest BCUT2D eigenvalue weighted by Crippen LogP contribution is 2.28. The van der Waals surface area contributed by atoms with Gasteiger partial charge in [-0.2, -0.15) is 5.10 Å². The smallest absolute Gasteiger partial charge is 0.254 e. The number of amides is 1. The summed E-state index contributed by atoms with van der Waals surface area (Å²) in [6, 6.07) is 11.6. The highest BCUT2D eigenvalue weighted by molar-refractivity contribution is 6.06. The summed E-state index contributed by atoms with van der Waals surface area (Å²) in [6.45, 7) is 7.87. The van der Waals surface area contributed by atoms with Crippen LogP contribution in [0.5, 0.6) is 0 Å².